The molecule has 4 heterocycles. The molecule has 10 nitrogen and oxygen atoms in total. The summed E-state index contributed by atoms with van der Waals surface area (Å²) in [5.41, 5.74) is 0.419. The number of nitrogens with zero attached hydrogens (tertiary/aromatic N) is 6. The normalized spacial score (nSPS) is 12.4. The second-order valence-corrected chi connectivity index (χ2v) is 6.59. The van der Waals surface area contributed by atoms with Gasteiger partial charge in [-0.05, 0) is 34.7 Å². The van der Waals surface area contributed by atoms with Crippen molar-refractivity contribution in [3.8, 4) is 11.5 Å². The molecular weight excluding hydrogens is 370 g/mol. The van der Waals surface area contributed by atoms with Crippen LogP contribution in [0.5, 0.6) is 11.5 Å². The van der Waals surface area contributed by atoms with E-state index in [4.69, 9.17) is 9.47 Å². The number of hydrogen-bond acceptors (Lipinski definition) is 10. The second-order valence-electron chi connectivity index (χ2n) is 5.63. The fourth-order valence-electron chi connectivity index (χ4n) is 2.72. The van der Waals surface area contributed by atoms with E-state index in [1.165, 1.54) is 11.3 Å². The van der Waals surface area contributed by atoms with Crippen LogP contribution in [-0.2, 0) is 6.54 Å². The standard InChI is InChI=1S/C16H11N7O3S/c24-14-10-2-1-5-17-15(10)27-16(18-14)23(7-13-19-21-22-20-13)9-3-4-11-12(6-9)26-8-25-11/h1-6H,7-8H2,(H,19,20,21,22). The van der Waals surface area contributed by atoms with Gasteiger partial charge in [0.2, 0.25) is 6.79 Å². The minimum absolute atomic E-state index is 0.177. The Hall–Kier alpha value is -3.60. The van der Waals surface area contributed by atoms with Gasteiger partial charge in [-0.15, -0.1) is 5.10 Å². The SMILES string of the molecule is O=c1nc(N(Cc2nnn[nH]2)c2ccc3c(c2)OCO3)sc2ncccc12. The highest BCUT2D eigenvalue weighted by molar-refractivity contribution is 7.21. The Morgan fingerprint density at radius 2 is 2.15 bits per heavy atom. The minimum Gasteiger partial charge on any atom is -0.454 e. The van der Waals surface area contributed by atoms with Gasteiger partial charge >= 0.3 is 0 Å². The molecule has 0 saturated carbocycles. The van der Waals surface area contributed by atoms with Gasteiger partial charge in [-0.3, -0.25) is 4.79 Å². The van der Waals surface area contributed by atoms with Crippen molar-refractivity contribution in [2.24, 2.45) is 0 Å². The molecule has 11 heteroatoms. The molecule has 1 aromatic carbocycles. The van der Waals surface area contributed by atoms with Gasteiger partial charge in [-0.1, -0.05) is 11.3 Å². The third kappa shape index (κ3) is 2.83. The minimum atomic E-state index is -0.340. The first kappa shape index (κ1) is 15.6. The first-order valence-corrected chi connectivity index (χ1v) is 8.75. The van der Waals surface area contributed by atoms with Gasteiger partial charge in [0, 0.05) is 18.0 Å². The number of aromatic nitrogens is 6. The molecule has 0 aliphatic carbocycles. The summed E-state index contributed by atoms with van der Waals surface area (Å²) in [7, 11) is 0. The highest BCUT2D eigenvalue weighted by Crippen LogP contribution is 2.38. The predicted molar refractivity (Wildman–Crippen MR) is 96.3 cm³/mol. The lowest BCUT2D eigenvalue weighted by Crippen LogP contribution is -2.21. The summed E-state index contributed by atoms with van der Waals surface area (Å²) in [6.45, 7) is 0.463. The Balaban J connectivity index is 1.65. The van der Waals surface area contributed by atoms with Gasteiger partial charge in [0.1, 0.15) is 4.83 Å². The molecule has 1 aliphatic rings. The number of tetrazole rings is 1. The average molecular weight is 381 g/mol. The molecule has 0 radical (unpaired) electrons. The summed E-state index contributed by atoms with van der Waals surface area (Å²) < 4.78 is 10.8. The molecule has 3 aromatic heterocycles. The molecule has 134 valence electrons. The van der Waals surface area contributed by atoms with Crippen LogP contribution in [0.3, 0.4) is 0 Å². The van der Waals surface area contributed by atoms with Crippen molar-refractivity contribution in [3.63, 3.8) is 0 Å². The first-order valence-electron chi connectivity index (χ1n) is 7.93. The van der Waals surface area contributed by atoms with Crippen LogP contribution in [0, 0.1) is 0 Å². The van der Waals surface area contributed by atoms with Crippen molar-refractivity contribution >= 4 is 32.4 Å². The zero-order valence-corrected chi connectivity index (χ0v) is 14.5. The predicted octanol–water partition coefficient (Wildman–Crippen LogP) is 1.63. The average Bonchev–Trinajstić information content (AvgIpc) is 3.37. The maximum atomic E-state index is 12.5. The molecule has 4 aromatic rings. The summed E-state index contributed by atoms with van der Waals surface area (Å²) in [6.07, 6.45) is 1.65. The van der Waals surface area contributed by atoms with E-state index in [0.717, 1.165) is 5.69 Å². The van der Waals surface area contributed by atoms with E-state index >= 15 is 0 Å². The van der Waals surface area contributed by atoms with E-state index < -0.39 is 0 Å². The Bertz CT molecular complexity index is 1180. The van der Waals surface area contributed by atoms with Crippen LogP contribution in [0.15, 0.2) is 41.3 Å². The van der Waals surface area contributed by atoms with E-state index in [2.05, 4.69) is 30.6 Å². The summed E-state index contributed by atoms with van der Waals surface area (Å²) in [5, 5.41) is 14.8. The molecule has 0 saturated heterocycles. The summed E-state index contributed by atoms with van der Waals surface area (Å²) in [4.78, 5) is 23.4. The number of anilines is 2. The third-order valence-corrected chi connectivity index (χ3v) is 5.00. The van der Waals surface area contributed by atoms with Crippen LogP contribution in [0.4, 0.5) is 10.8 Å². The lowest BCUT2D eigenvalue weighted by atomic mass is 10.2. The highest BCUT2D eigenvalue weighted by Gasteiger charge is 2.21. The number of rotatable bonds is 4. The molecule has 0 atom stereocenters. The van der Waals surface area contributed by atoms with Crippen molar-refractivity contribution in [2.75, 3.05) is 11.7 Å². The van der Waals surface area contributed by atoms with E-state index in [1.807, 2.05) is 23.1 Å². The zero-order valence-electron chi connectivity index (χ0n) is 13.7. The van der Waals surface area contributed by atoms with Crippen molar-refractivity contribution in [2.45, 2.75) is 6.54 Å². The molecule has 1 N–H and O–H groups in total. The van der Waals surface area contributed by atoms with Crippen molar-refractivity contribution in [1.82, 2.24) is 30.6 Å². The molecule has 0 unspecified atom stereocenters. The molecule has 5 rings (SSSR count). The fourth-order valence-corrected chi connectivity index (χ4v) is 3.69. The Kier molecular flexibility index (Phi) is 3.64. The molecule has 0 amide bonds. The number of ether oxygens (including phenoxy) is 2. The van der Waals surface area contributed by atoms with Gasteiger partial charge < -0.3 is 14.4 Å². The second kappa shape index (κ2) is 6.29. The van der Waals surface area contributed by atoms with E-state index in [9.17, 15) is 4.79 Å². The lowest BCUT2D eigenvalue weighted by Gasteiger charge is -2.21. The van der Waals surface area contributed by atoms with Crippen LogP contribution in [-0.4, -0.2) is 37.4 Å². The molecule has 0 fully saturated rings. The number of aromatic amines is 1. The molecule has 0 bridgehead atoms. The molecular formula is C16H11N7O3S. The largest absolute Gasteiger partial charge is 0.454 e. The van der Waals surface area contributed by atoms with E-state index in [1.54, 1.807) is 18.3 Å². The monoisotopic (exact) mass is 381 g/mol. The summed E-state index contributed by atoms with van der Waals surface area (Å²) in [5.74, 6) is 1.82. The summed E-state index contributed by atoms with van der Waals surface area (Å²) in [6, 6.07) is 8.93. The maximum Gasteiger partial charge on any atom is 0.282 e. The molecule has 0 spiro atoms. The first-order chi connectivity index (χ1) is 13.3. The topological polar surface area (TPSA) is 119 Å². The fraction of sp³-hybridized carbons (Fsp3) is 0.125. The molecule has 27 heavy (non-hydrogen) atoms. The van der Waals surface area contributed by atoms with Gasteiger partial charge in [0.15, 0.2) is 22.5 Å². The number of hydrogen-bond donors (Lipinski definition) is 1. The highest BCUT2D eigenvalue weighted by atomic mass is 32.1. The van der Waals surface area contributed by atoms with E-state index in [-0.39, 0.29) is 18.9 Å². The summed E-state index contributed by atoms with van der Waals surface area (Å²) >= 11 is 1.31. The Morgan fingerprint density at radius 1 is 1.22 bits per heavy atom. The van der Waals surface area contributed by atoms with Gasteiger partial charge in [-0.2, -0.15) is 4.98 Å². The van der Waals surface area contributed by atoms with Gasteiger partial charge in [0.05, 0.1) is 11.9 Å². The Morgan fingerprint density at radius 3 is 3.04 bits per heavy atom. The van der Waals surface area contributed by atoms with Gasteiger partial charge in [-0.25, -0.2) is 10.1 Å². The smallest absolute Gasteiger partial charge is 0.282 e. The van der Waals surface area contributed by atoms with Crippen LogP contribution in [0.25, 0.3) is 10.2 Å². The van der Waals surface area contributed by atoms with Crippen LogP contribution < -0.4 is 19.9 Å². The Labute approximate surface area is 155 Å². The van der Waals surface area contributed by atoms with Crippen molar-refractivity contribution < 1.29 is 9.47 Å². The van der Waals surface area contributed by atoms with Crippen LogP contribution >= 0.6 is 11.3 Å². The zero-order chi connectivity index (χ0) is 18.2. The quantitative estimate of drug-likeness (QED) is 0.562. The van der Waals surface area contributed by atoms with Crippen LogP contribution in [0.1, 0.15) is 5.82 Å². The number of fused-ring (bicyclic) bond motifs is 2. The van der Waals surface area contributed by atoms with Crippen molar-refractivity contribution in [1.29, 1.82) is 0 Å². The van der Waals surface area contributed by atoms with Crippen LogP contribution in [0.2, 0.25) is 0 Å². The third-order valence-electron chi connectivity index (χ3n) is 3.98. The lowest BCUT2D eigenvalue weighted by molar-refractivity contribution is 0.174. The van der Waals surface area contributed by atoms with Crippen molar-refractivity contribution in [3.05, 3.63) is 52.7 Å². The maximum absolute atomic E-state index is 12.5. The molecule has 1 aliphatic heterocycles. The number of H-pyrrole nitrogens is 1. The number of pyridine rings is 1. The number of nitrogens with one attached hydrogen (secondary N) is 1. The number of benzene rings is 1. The van der Waals surface area contributed by atoms with E-state index in [0.29, 0.717) is 32.7 Å². The van der Waals surface area contributed by atoms with Gasteiger partial charge in [0.25, 0.3) is 5.56 Å².